The predicted molar refractivity (Wildman–Crippen MR) is 284 cm³/mol. The van der Waals surface area contributed by atoms with Crippen LogP contribution in [0.15, 0.2) is 46.3 Å². The highest BCUT2D eigenvalue weighted by molar-refractivity contribution is 7.90. The van der Waals surface area contributed by atoms with Gasteiger partial charge in [-0.2, -0.15) is 46.8 Å². The molecule has 28 nitrogen and oxygen atoms in total. The lowest BCUT2D eigenvalue weighted by Crippen LogP contribution is -2.36. The lowest BCUT2D eigenvalue weighted by Gasteiger charge is -2.14. The van der Waals surface area contributed by atoms with Crippen molar-refractivity contribution in [3.63, 3.8) is 0 Å². The molecule has 0 aliphatic carbocycles. The fraction of sp³-hybridized carbons (Fsp3) is 0.442. The van der Waals surface area contributed by atoms with E-state index in [4.69, 9.17) is 64.7 Å². The number of halogens is 6. The molecular formula is C43H58Cl3F3N15O13PS. The van der Waals surface area contributed by atoms with E-state index in [-0.39, 0.29) is 86.9 Å². The van der Waals surface area contributed by atoms with Gasteiger partial charge in [-0.15, -0.1) is 16.7 Å². The van der Waals surface area contributed by atoms with Crippen molar-refractivity contribution in [3.05, 3.63) is 80.1 Å². The normalized spacial score (nSPS) is 12.4. The Bertz CT molecular complexity index is 3100. The van der Waals surface area contributed by atoms with Gasteiger partial charge in [0.25, 0.3) is 15.9 Å². The van der Waals surface area contributed by atoms with Gasteiger partial charge in [0.1, 0.15) is 22.9 Å². The largest absolute Gasteiger partial charge is 0.481 e. The molecule has 4 heterocycles. The van der Waals surface area contributed by atoms with Crippen LogP contribution in [0.5, 0.6) is 11.8 Å². The van der Waals surface area contributed by atoms with Crippen LogP contribution in [0.4, 0.5) is 35.8 Å². The van der Waals surface area contributed by atoms with Crippen LogP contribution in [0.1, 0.15) is 62.4 Å². The molecule has 1 aromatic carbocycles. The molecule has 5 rings (SSSR count). The Morgan fingerprint density at radius 3 is 2.09 bits per heavy atom. The topological polar surface area (TPSA) is 382 Å². The lowest BCUT2D eigenvalue weighted by atomic mass is 10.1. The van der Waals surface area contributed by atoms with Crippen LogP contribution in [0, 0.1) is 12.7 Å². The Hall–Kier alpha value is -6.96. The first-order chi connectivity index (χ1) is 36.8. The van der Waals surface area contributed by atoms with Crippen LogP contribution in [-0.2, 0) is 35.3 Å². The number of nitrogens with two attached hydrogens (primary N) is 1. The molecule has 0 aliphatic rings. The number of anilines is 3. The Balaban J connectivity index is 0.000000384. The number of aryl methyl sites for hydroxylation is 1. The number of alkyl halides is 3. The van der Waals surface area contributed by atoms with Gasteiger partial charge in [-0.25, -0.2) is 28.3 Å². The number of carbonyl (C=O) groups is 4. The highest BCUT2D eigenvalue weighted by atomic mass is 35.5. The van der Waals surface area contributed by atoms with Crippen molar-refractivity contribution in [2.24, 2.45) is 5.73 Å². The number of carbonyl (C=O) groups excluding carboxylic acids is 3. The van der Waals surface area contributed by atoms with Gasteiger partial charge in [0, 0.05) is 57.1 Å². The third kappa shape index (κ3) is 22.4. The number of aliphatic carboxylic acids is 1. The van der Waals surface area contributed by atoms with Crippen molar-refractivity contribution in [3.8, 4) is 17.4 Å². The third-order valence-electron chi connectivity index (χ3n) is 9.21. The number of urea groups is 1. The Morgan fingerprint density at radius 1 is 0.975 bits per heavy atom. The Labute approximate surface area is 465 Å². The minimum Gasteiger partial charge on any atom is -0.481 e. The molecule has 8 N–H and O–H groups in total. The van der Waals surface area contributed by atoms with E-state index >= 15 is 0 Å². The molecule has 4 aromatic heterocycles. The molecule has 79 heavy (non-hydrogen) atoms. The number of aromatic nitrogens is 9. The van der Waals surface area contributed by atoms with Gasteiger partial charge in [0.15, 0.2) is 18.2 Å². The smallest absolute Gasteiger partial charge is 0.355 e. The van der Waals surface area contributed by atoms with Gasteiger partial charge in [-0.05, 0) is 82.5 Å². The van der Waals surface area contributed by atoms with E-state index in [2.05, 4.69) is 51.0 Å². The van der Waals surface area contributed by atoms with Gasteiger partial charge in [-0.1, -0.05) is 11.6 Å². The number of sulfonamides is 1. The number of amides is 3. The molecule has 5 aromatic rings. The summed E-state index contributed by atoms with van der Waals surface area (Å²) in [4.78, 5) is 91.5. The molecule has 0 bridgehead atoms. The summed E-state index contributed by atoms with van der Waals surface area (Å²) in [6.45, 7) is 7.71. The third-order valence-corrected chi connectivity index (χ3v) is 12.4. The summed E-state index contributed by atoms with van der Waals surface area (Å²) in [7, 11) is -1.95. The minimum absolute atomic E-state index is 0.0412. The molecule has 3 amide bonds. The van der Waals surface area contributed by atoms with Crippen molar-refractivity contribution in [2.75, 3.05) is 70.2 Å². The number of carboxylic acid groups (broad SMARTS) is 1. The van der Waals surface area contributed by atoms with Crippen LogP contribution >= 0.6 is 42.2 Å². The number of hydrogen-bond donors (Lipinski definition) is 7. The minimum atomic E-state index is -4.46. The monoisotopic (exact) mass is 1220 g/mol. The number of nitrogens with zero attached hydrogens (tertiary/aromatic N) is 10. The number of nitrogens with one attached hydrogen (secondary N) is 4. The number of ether oxygens (including phenoxy) is 3. The zero-order valence-corrected chi connectivity index (χ0v) is 47.8. The van der Waals surface area contributed by atoms with E-state index in [1.807, 2.05) is 20.8 Å². The van der Waals surface area contributed by atoms with E-state index in [9.17, 15) is 50.1 Å². The van der Waals surface area contributed by atoms with E-state index in [0.717, 1.165) is 18.7 Å². The predicted octanol–water partition coefficient (Wildman–Crippen LogP) is 4.81. The summed E-state index contributed by atoms with van der Waals surface area (Å²) in [5.41, 5.74) is 3.54. The second-order valence-corrected chi connectivity index (χ2v) is 21.6. The van der Waals surface area contributed by atoms with Gasteiger partial charge >= 0.3 is 30.2 Å². The van der Waals surface area contributed by atoms with Gasteiger partial charge in [-0.3, -0.25) is 24.3 Å². The second-order valence-electron chi connectivity index (χ2n) is 16.2. The molecule has 0 saturated carbocycles. The molecular weight excluding hydrogens is 1160 g/mol. The van der Waals surface area contributed by atoms with Crippen LogP contribution in [0.2, 0.25) is 10.3 Å². The van der Waals surface area contributed by atoms with E-state index in [1.165, 1.54) is 71.2 Å². The van der Waals surface area contributed by atoms with Crippen LogP contribution < -0.4 is 41.6 Å². The Kier molecular flexibility index (Phi) is 27.2. The van der Waals surface area contributed by atoms with Gasteiger partial charge in [0.2, 0.25) is 34.9 Å². The van der Waals surface area contributed by atoms with Crippen LogP contribution in [0.25, 0.3) is 5.69 Å². The highest BCUT2D eigenvalue weighted by Gasteiger charge is 2.28. The number of methoxy groups -OCH3 is 2. The fourth-order valence-electron chi connectivity index (χ4n) is 5.65. The maximum Gasteiger partial charge on any atom is 0.355 e. The quantitative estimate of drug-likeness (QED) is 0.0312. The van der Waals surface area contributed by atoms with Crippen molar-refractivity contribution in [2.45, 2.75) is 76.5 Å². The first-order valence-electron chi connectivity index (χ1n) is 22.7. The molecule has 3 atom stereocenters. The Morgan fingerprint density at radius 2 is 1.58 bits per heavy atom. The summed E-state index contributed by atoms with van der Waals surface area (Å²) in [6, 6.07) is 4.17. The molecule has 0 spiro atoms. The van der Waals surface area contributed by atoms with E-state index in [0.29, 0.717) is 16.6 Å². The van der Waals surface area contributed by atoms with E-state index in [1.54, 1.807) is 11.6 Å². The maximum atomic E-state index is 14.2. The van der Waals surface area contributed by atoms with Crippen LogP contribution in [0.3, 0.4) is 0 Å². The lowest BCUT2D eigenvalue weighted by molar-refractivity contribution is -0.142. The molecule has 0 radical (unpaired) electrons. The highest BCUT2D eigenvalue weighted by Crippen LogP contribution is 2.35. The first-order valence-corrected chi connectivity index (χ1v) is 27.7. The standard InChI is InChI=1S/C15H14Cl2F3N3O3.C15H18N6O6S.C8H14ClN5.C5H12NO4P/c1-3-26-13(24)10(17)4-8-5-12(11(18)6-9(8)16)23-15(25)22(14(19)20)7(2)21-23;1-21(2)13(22)9-6-5-7-16-12(9)28(24,25)20-15(23)19-14-17-10(26-3)8-11(18-14)27-4;1-4-10-7-12-6(9)13-8(14-7)11-5(2)3;1-11(9,10)3-2-4(6)5(7)8/h5-6,10,14H,3-4H2,1-2H3;5-8H,1-4H3,(H2,17,18,19,20,23);5H,4H2,1-3H3,(H2,10,11,12,13,14);4H,2-3,6H2,1H3,(H,7,8)(H,9,10). The number of esters is 1. The first kappa shape index (κ1) is 68.1. The van der Waals surface area contributed by atoms with Crippen molar-refractivity contribution < 1.29 is 69.5 Å². The maximum absolute atomic E-state index is 14.2. The summed E-state index contributed by atoms with van der Waals surface area (Å²) in [5, 5.41) is 18.6. The van der Waals surface area contributed by atoms with Crippen molar-refractivity contribution in [1.29, 1.82) is 0 Å². The number of benzene rings is 1. The summed E-state index contributed by atoms with van der Waals surface area (Å²) in [5.74, 6) is -2.73. The molecule has 436 valence electrons. The SMILES string of the molecule is CCNc1nc(Cl)nc(NC(C)C)n1.CCOC(=O)C(Cl)Cc1cc(-n2nc(C)n(C(F)F)c2=O)c(F)cc1Cl.COc1cc(OC)nc(NC(=O)NS(=O)(=O)c2ncccc2C(=O)N(C)C)n1.CP(=O)(O)CCC(N)C(=O)O. The number of pyridine rings is 1. The van der Waals surface area contributed by atoms with Crippen LogP contribution in [-0.4, -0.2) is 163 Å². The number of hydrogen-bond acceptors (Lipinski definition) is 21. The zero-order chi connectivity index (χ0) is 60.1. The van der Waals surface area contributed by atoms with Crippen molar-refractivity contribution >= 4 is 93.9 Å². The molecule has 0 aliphatic heterocycles. The number of carboxylic acids is 1. The zero-order valence-electron chi connectivity index (χ0n) is 43.9. The van der Waals surface area contributed by atoms with E-state index < -0.39 is 75.8 Å². The summed E-state index contributed by atoms with van der Waals surface area (Å²) in [6.07, 6.45) is 1.07. The van der Waals surface area contributed by atoms with Gasteiger partial charge < -0.3 is 45.5 Å². The summed E-state index contributed by atoms with van der Waals surface area (Å²) < 4.78 is 92.8. The molecule has 0 saturated heterocycles. The molecule has 0 fully saturated rings. The second kappa shape index (κ2) is 31.6. The fourth-order valence-corrected chi connectivity index (χ4v) is 8.06. The average Bonchev–Trinajstić information content (AvgIpc) is 3.65. The average molecular weight is 1220 g/mol. The van der Waals surface area contributed by atoms with Crippen molar-refractivity contribution in [1.82, 2.24) is 53.9 Å². The van der Waals surface area contributed by atoms with Gasteiger partial charge in [0.05, 0.1) is 32.5 Å². The molecule has 36 heteroatoms. The summed E-state index contributed by atoms with van der Waals surface area (Å²) >= 11 is 17.6. The molecule has 3 unspecified atom stereocenters. The number of rotatable bonds is 20.